The standard InChI is InChI=1S/C46H43N2.Ir/c1-44(2)25-26-45(3,4)42-30-47-43(29-41(42)44)33-15-12-16-35(27-33)48(34-21-19-32(20-22-34)31-13-8-7-9-14-31)36-23-24-38-37-17-10-11-18-39(37)46(5,6)40(38)28-36;/h7-14,16-24,27-30H,25-26H2,1-6H3;/q-1;. The minimum atomic E-state index is -0.0893. The van der Waals surface area contributed by atoms with Crippen LogP contribution in [0.3, 0.4) is 0 Å². The summed E-state index contributed by atoms with van der Waals surface area (Å²) < 4.78 is 0. The monoisotopic (exact) mass is 816 g/mol. The molecule has 0 bridgehead atoms. The number of nitrogens with zero attached hydrogens (tertiary/aromatic N) is 2. The van der Waals surface area contributed by atoms with E-state index in [4.69, 9.17) is 4.98 Å². The molecule has 1 radical (unpaired) electrons. The maximum atomic E-state index is 5.05. The first-order valence-corrected chi connectivity index (χ1v) is 17.3. The molecule has 247 valence electrons. The van der Waals surface area contributed by atoms with E-state index in [1.54, 1.807) is 0 Å². The van der Waals surface area contributed by atoms with Crippen LogP contribution in [0, 0.1) is 6.07 Å². The fourth-order valence-corrected chi connectivity index (χ4v) is 8.05. The smallest absolute Gasteiger partial charge is 0.0447 e. The van der Waals surface area contributed by atoms with Crippen molar-refractivity contribution in [2.75, 3.05) is 4.90 Å². The minimum absolute atomic E-state index is 0. The zero-order valence-electron chi connectivity index (χ0n) is 29.3. The maximum Gasteiger partial charge on any atom is 0.0447 e. The molecule has 5 aromatic carbocycles. The van der Waals surface area contributed by atoms with Crippen LogP contribution in [0.2, 0.25) is 0 Å². The number of fused-ring (bicyclic) bond motifs is 4. The number of benzene rings is 5. The first-order chi connectivity index (χ1) is 23.0. The number of hydrogen-bond donors (Lipinski definition) is 0. The largest absolute Gasteiger partial charge is 0.328 e. The van der Waals surface area contributed by atoms with Crippen molar-refractivity contribution in [1.29, 1.82) is 0 Å². The van der Waals surface area contributed by atoms with Crippen molar-refractivity contribution in [3.63, 3.8) is 0 Å². The molecule has 0 atom stereocenters. The molecule has 6 aromatic rings. The molecule has 0 saturated carbocycles. The molecular weight excluding hydrogens is 773 g/mol. The van der Waals surface area contributed by atoms with Crippen molar-refractivity contribution >= 4 is 17.1 Å². The fraction of sp³-hybridized carbons (Fsp3) is 0.239. The van der Waals surface area contributed by atoms with Crippen LogP contribution < -0.4 is 4.90 Å². The second-order valence-electron chi connectivity index (χ2n) is 15.5. The SMILES string of the molecule is CC1(C)CCC(C)(C)c2cc(-c3[c-]ccc(N(c4ccc(-c5ccccc5)cc4)c4ccc5c(c4)C(C)(C)c4ccccc4-5)c3)ncc21.[Ir]. The first-order valence-electron chi connectivity index (χ1n) is 17.3. The van der Waals surface area contributed by atoms with Crippen molar-refractivity contribution in [3.05, 3.63) is 156 Å². The van der Waals surface area contributed by atoms with E-state index in [0.29, 0.717) is 0 Å². The van der Waals surface area contributed by atoms with E-state index in [9.17, 15) is 0 Å². The van der Waals surface area contributed by atoms with Crippen LogP contribution >= 0.6 is 0 Å². The van der Waals surface area contributed by atoms with Gasteiger partial charge >= 0.3 is 0 Å². The fourth-order valence-electron chi connectivity index (χ4n) is 8.05. The molecule has 1 aromatic heterocycles. The van der Waals surface area contributed by atoms with E-state index < -0.39 is 0 Å². The van der Waals surface area contributed by atoms with Gasteiger partial charge in [0.2, 0.25) is 0 Å². The van der Waals surface area contributed by atoms with Crippen molar-refractivity contribution in [1.82, 2.24) is 4.98 Å². The summed E-state index contributed by atoms with van der Waals surface area (Å²) in [5.74, 6) is 0. The summed E-state index contributed by atoms with van der Waals surface area (Å²) in [6.45, 7) is 14.2. The molecule has 0 N–H and O–H groups in total. The van der Waals surface area contributed by atoms with Crippen molar-refractivity contribution in [2.45, 2.75) is 70.6 Å². The molecule has 1 heterocycles. The third-order valence-corrected chi connectivity index (χ3v) is 11.1. The van der Waals surface area contributed by atoms with Gasteiger partial charge in [0.1, 0.15) is 0 Å². The van der Waals surface area contributed by atoms with Gasteiger partial charge in [-0.15, -0.1) is 29.8 Å². The summed E-state index contributed by atoms with van der Waals surface area (Å²) in [6.07, 6.45) is 4.48. The molecule has 2 nitrogen and oxygen atoms in total. The molecule has 0 fully saturated rings. The van der Waals surface area contributed by atoms with E-state index in [1.165, 1.54) is 57.3 Å². The molecule has 49 heavy (non-hydrogen) atoms. The van der Waals surface area contributed by atoms with E-state index >= 15 is 0 Å². The van der Waals surface area contributed by atoms with Crippen LogP contribution in [0.5, 0.6) is 0 Å². The van der Waals surface area contributed by atoms with Crippen molar-refractivity contribution in [3.8, 4) is 33.5 Å². The Labute approximate surface area is 305 Å². The van der Waals surface area contributed by atoms with E-state index in [-0.39, 0.29) is 36.4 Å². The Morgan fingerprint density at radius 3 is 1.92 bits per heavy atom. The van der Waals surface area contributed by atoms with E-state index in [0.717, 1.165) is 28.3 Å². The predicted octanol–water partition coefficient (Wildman–Crippen LogP) is 12.3. The van der Waals surface area contributed by atoms with Crippen LogP contribution in [-0.2, 0) is 36.4 Å². The molecule has 2 aliphatic carbocycles. The number of anilines is 3. The molecular formula is C46H43IrN2-. The minimum Gasteiger partial charge on any atom is -0.328 e. The van der Waals surface area contributed by atoms with Gasteiger partial charge in [0.25, 0.3) is 0 Å². The average Bonchev–Trinajstić information content (AvgIpc) is 3.33. The summed E-state index contributed by atoms with van der Waals surface area (Å²) >= 11 is 0. The number of hydrogen-bond acceptors (Lipinski definition) is 2. The van der Waals surface area contributed by atoms with Crippen LogP contribution in [0.25, 0.3) is 33.5 Å². The Kier molecular flexibility index (Phi) is 8.29. The molecule has 0 amide bonds. The third-order valence-electron chi connectivity index (χ3n) is 11.1. The molecule has 8 rings (SSSR count). The number of rotatable bonds is 5. The summed E-state index contributed by atoms with van der Waals surface area (Å²) in [4.78, 5) is 7.44. The van der Waals surface area contributed by atoms with Crippen molar-refractivity contribution in [2.24, 2.45) is 0 Å². The molecule has 2 aliphatic rings. The second kappa shape index (κ2) is 12.2. The number of pyridine rings is 1. The van der Waals surface area contributed by atoms with Crippen LogP contribution in [-0.4, -0.2) is 4.98 Å². The van der Waals surface area contributed by atoms with E-state index in [2.05, 4.69) is 180 Å². The summed E-state index contributed by atoms with van der Waals surface area (Å²) in [7, 11) is 0. The Hall–Kier alpha value is -4.30. The van der Waals surface area contributed by atoms with Crippen LogP contribution in [0.15, 0.2) is 128 Å². The zero-order chi connectivity index (χ0) is 33.3. The Morgan fingerprint density at radius 1 is 0.551 bits per heavy atom. The maximum absolute atomic E-state index is 5.05. The van der Waals surface area contributed by atoms with Gasteiger partial charge in [0.05, 0.1) is 0 Å². The van der Waals surface area contributed by atoms with Gasteiger partial charge in [0, 0.05) is 43.1 Å². The normalized spacial score (nSPS) is 16.1. The topological polar surface area (TPSA) is 16.1 Å². The number of aromatic nitrogens is 1. The predicted molar refractivity (Wildman–Crippen MR) is 201 cm³/mol. The molecule has 0 spiro atoms. The Bertz CT molecular complexity index is 2160. The second-order valence-corrected chi connectivity index (χ2v) is 15.5. The molecule has 0 unspecified atom stereocenters. The van der Waals surface area contributed by atoms with Gasteiger partial charge in [-0.25, -0.2) is 0 Å². The van der Waals surface area contributed by atoms with Gasteiger partial charge in [-0.2, -0.15) is 0 Å². The van der Waals surface area contributed by atoms with Gasteiger partial charge in [-0.3, -0.25) is 0 Å². The van der Waals surface area contributed by atoms with Gasteiger partial charge in [-0.05, 0) is 104 Å². The quantitative estimate of drug-likeness (QED) is 0.161. The third kappa shape index (κ3) is 5.68. The van der Waals surface area contributed by atoms with E-state index in [1.807, 2.05) is 0 Å². The van der Waals surface area contributed by atoms with Gasteiger partial charge in [-0.1, -0.05) is 120 Å². The zero-order valence-corrected chi connectivity index (χ0v) is 31.7. The molecule has 0 aliphatic heterocycles. The molecule has 3 heteroatoms. The molecule has 0 saturated heterocycles. The van der Waals surface area contributed by atoms with Crippen LogP contribution in [0.4, 0.5) is 17.1 Å². The summed E-state index contributed by atoms with van der Waals surface area (Å²) in [5, 5.41) is 0. The van der Waals surface area contributed by atoms with Crippen molar-refractivity contribution < 1.29 is 20.1 Å². The Balaban J connectivity index is 0.00000378. The average molecular weight is 816 g/mol. The Morgan fingerprint density at radius 2 is 1.16 bits per heavy atom. The van der Waals surface area contributed by atoms with Crippen LogP contribution in [0.1, 0.15) is 76.6 Å². The van der Waals surface area contributed by atoms with Gasteiger partial charge < -0.3 is 9.88 Å². The van der Waals surface area contributed by atoms with Gasteiger partial charge in [0.15, 0.2) is 0 Å². The first kappa shape index (κ1) is 33.2. The summed E-state index contributed by atoms with van der Waals surface area (Å²) in [5.41, 5.74) is 16.1. The summed E-state index contributed by atoms with van der Waals surface area (Å²) in [6, 6.07) is 47.8.